The van der Waals surface area contributed by atoms with E-state index in [2.05, 4.69) is 5.32 Å². The van der Waals surface area contributed by atoms with Gasteiger partial charge in [0, 0.05) is 16.9 Å². The normalized spacial score (nSPS) is 10.1. The van der Waals surface area contributed by atoms with Crippen molar-refractivity contribution in [3.05, 3.63) is 53.1 Å². The Bertz CT molecular complexity index is 612. The Labute approximate surface area is 122 Å². The molecule has 0 spiro atoms. The van der Waals surface area contributed by atoms with Crippen LogP contribution in [0.2, 0.25) is 5.02 Å². The minimum Gasteiger partial charge on any atom is -0.492 e. The predicted molar refractivity (Wildman–Crippen MR) is 81.4 cm³/mol. The van der Waals surface area contributed by atoms with Crippen LogP contribution in [0, 0.1) is 0 Å². The van der Waals surface area contributed by atoms with E-state index in [1.807, 2.05) is 6.92 Å². The summed E-state index contributed by atoms with van der Waals surface area (Å²) in [7, 11) is 0. The Kier molecular flexibility index (Phi) is 4.48. The summed E-state index contributed by atoms with van der Waals surface area (Å²) in [5.74, 6) is 0.380. The van der Waals surface area contributed by atoms with Crippen LogP contribution in [0.3, 0.4) is 0 Å². The van der Waals surface area contributed by atoms with Crippen LogP contribution in [0.5, 0.6) is 5.75 Å². The summed E-state index contributed by atoms with van der Waals surface area (Å²) in [5.41, 5.74) is 7.34. The van der Waals surface area contributed by atoms with Crippen LogP contribution in [0.15, 0.2) is 42.5 Å². The maximum atomic E-state index is 12.0. The van der Waals surface area contributed by atoms with Crippen molar-refractivity contribution in [1.82, 2.24) is 0 Å². The molecule has 0 saturated carbocycles. The number of nitrogens with two attached hydrogens (primary N) is 1. The molecule has 0 fully saturated rings. The van der Waals surface area contributed by atoms with E-state index in [9.17, 15) is 4.79 Å². The smallest absolute Gasteiger partial charge is 0.255 e. The molecule has 2 aromatic carbocycles. The van der Waals surface area contributed by atoms with Crippen LogP contribution >= 0.6 is 11.6 Å². The average Bonchev–Trinajstić information content (AvgIpc) is 2.42. The summed E-state index contributed by atoms with van der Waals surface area (Å²) in [6, 6.07) is 11.8. The highest BCUT2D eigenvalue weighted by Gasteiger charge is 2.08. The summed E-state index contributed by atoms with van der Waals surface area (Å²) in [4.78, 5) is 12.0. The van der Waals surface area contributed by atoms with Gasteiger partial charge in [-0.05, 0) is 49.4 Å². The van der Waals surface area contributed by atoms with Crippen LogP contribution in [0.4, 0.5) is 11.4 Å². The zero-order valence-electron chi connectivity index (χ0n) is 11.0. The summed E-state index contributed by atoms with van der Waals surface area (Å²) in [6.07, 6.45) is 0. The second-order valence-electron chi connectivity index (χ2n) is 4.15. The minimum absolute atomic E-state index is 0.217. The molecule has 0 aromatic heterocycles. The molecule has 0 radical (unpaired) electrons. The van der Waals surface area contributed by atoms with Crippen molar-refractivity contribution in [2.24, 2.45) is 0 Å². The molecule has 2 aromatic rings. The number of benzene rings is 2. The molecule has 0 bridgehead atoms. The maximum Gasteiger partial charge on any atom is 0.255 e. The van der Waals surface area contributed by atoms with Gasteiger partial charge in [0.15, 0.2) is 0 Å². The molecular formula is C15H15ClN2O2. The number of rotatable bonds is 4. The Morgan fingerprint density at radius 3 is 2.55 bits per heavy atom. The zero-order valence-corrected chi connectivity index (χ0v) is 11.8. The highest BCUT2D eigenvalue weighted by atomic mass is 35.5. The number of carbonyl (C=O) groups excluding carboxylic acids is 1. The molecule has 0 saturated heterocycles. The van der Waals surface area contributed by atoms with Gasteiger partial charge in [0.1, 0.15) is 5.75 Å². The Morgan fingerprint density at radius 1 is 1.25 bits per heavy atom. The molecular weight excluding hydrogens is 276 g/mol. The molecule has 0 aliphatic heterocycles. The third kappa shape index (κ3) is 3.42. The van der Waals surface area contributed by atoms with Crippen LogP contribution in [-0.4, -0.2) is 12.5 Å². The number of halogens is 1. The quantitative estimate of drug-likeness (QED) is 0.846. The number of amides is 1. The molecule has 1 amide bonds. The van der Waals surface area contributed by atoms with Crippen molar-refractivity contribution in [2.45, 2.75) is 6.92 Å². The van der Waals surface area contributed by atoms with Crippen molar-refractivity contribution in [2.75, 3.05) is 17.7 Å². The first-order chi connectivity index (χ1) is 9.60. The van der Waals surface area contributed by atoms with Gasteiger partial charge in [-0.2, -0.15) is 0 Å². The number of ether oxygens (including phenoxy) is 1. The largest absolute Gasteiger partial charge is 0.492 e. The lowest BCUT2D eigenvalue weighted by Gasteiger charge is -2.09. The molecule has 0 aliphatic rings. The van der Waals surface area contributed by atoms with E-state index in [1.54, 1.807) is 42.5 Å². The van der Waals surface area contributed by atoms with Gasteiger partial charge >= 0.3 is 0 Å². The fraction of sp³-hybridized carbons (Fsp3) is 0.133. The highest BCUT2D eigenvalue weighted by molar-refractivity contribution is 6.32. The van der Waals surface area contributed by atoms with Crippen molar-refractivity contribution in [3.63, 3.8) is 0 Å². The third-order valence-corrected chi connectivity index (χ3v) is 2.96. The lowest BCUT2D eigenvalue weighted by atomic mass is 10.2. The predicted octanol–water partition coefficient (Wildman–Crippen LogP) is 3.57. The van der Waals surface area contributed by atoms with Gasteiger partial charge in [0.25, 0.3) is 5.91 Å². The van der Waals surface area contributed by atoms with E-state index in [0.29, 0.717) is 34.3 Å². The van der Waals surface area contributed by atoms with E-state index < -0.39 is 0 Å². The van der Waals surface area contributed by atoms with Gasteiger partial charge in [-0.3, -0.25) is 4.79 Å². The van der Waals surface area contributed by atoms with Gasteiger partial charge in [-0.1, -0.05) is 11.6 Å². The van der Waals surface area contributed by atoms with Crippen LogP contribution < -0.4 is 15.8 Å². The Morgan fingerprint density at radius 2 is 1.95 bits per heavy atom. The van der Waals surface area contributed by atoms with Crippen molar-refractivity contribution >= 4 is 28.9 Å². The Hall–Kier alpha value is -2.20. The molecule has 4 nitrogen and oxygen atoms in total. The number of carbonyl (C=O) groups is 1. The second kappa shape index (κ2) is 6.30. The third-order valence-electron chi connectivity index (χ3n) is 2.66. The summed E-state index contributed by atoms with van der Waals surface area (Å²) in [5, 5.41) is 3.23. The molecule has 104 valence electrons. The topological polar surface area (TPSA) is 64.3 Å². The molecule has 2 rings (SSSR count). The number of nitrogen functional groups attached to an aromatic ring is 1. The van der Waals surface area contributed by atoms with Crippen LogP contribution in [0.1, 0.15) is 17.3 Å². The highest BCUT2D eigenvalue weighted by Crippen LogP contribution is 2.27. The number of nitrogens with one attached hydrogen (secondary N) is 1. The molecule has 3 N–H and O–H groups in total. The number of hydrogen-bond donors (Lipinski definition) is 2. The van der Waals surface area contributed by atoms with Gasteiger partial charge < -0.3 is 15.8 Å². The van der Waals surface area contributed by atoms with Gasteiger partial charge in [-0.15, -0.1) is 0 Å². The fourth-order valence-corrected chi connectivity index (χ4v) is 1.92. The molecule has 0 heterocycles. The van der Waals surface area contributed by atoms with E-state index in [4.69, 9.17) is 22.1 Å². The standard InChI is InChI=1S/C15H15ClN2O2/c1-2-20-14-8-7-12(9-13(14)16)18-15(19)10-3-5-11(17)6-4-10/h3-9H,2,17H2,1H3,(H,18,19). The fourth-order valence-electron chi connectivity index (χ4n) is 1.69. The van der Waals surface area contributed by atoms with E-state index >= 15 is 0 Å². The first-order valence-corrected chi connectivity index (χ1v) is 6.57. The first kappa shape index (κ1) is 14.2. The monoisotopic (exact) mass is 290 g/mol. The van der Waals surface area contributed by atoms with Gasteiger partial charge in [-0.25, -0.2) is 0 Å². The number of anilines is 2. The molecule has 0 unspecified atom stereocenters. The van der Waals surface area contributed by atoms with Crippen molar-refractivity contribution < 1.29 is 9.53 Å². The molecule has 0 atom stereocenters. The first-order valence-electron chi connectivity index (χ1n) is 6.19. The van der Waals surface area contributed by atoms with E-state index in [0.717, 1.165) is 0 Å². The van der Waals surface area contributed by atoms with Crippen LogP contribution in [0.25, 0.3) is 0 Å². The summed E-state index contributed by atoms with van der Waals surface area (Å²) in [6.45, 7) is 2.42. The lowest BCUT2D eigenvalue weighted by Crippen LogP contribution is -2.11. The van der Waals surface area contributed by atoms with E-state index in [-0.39, 0.29) is 5.91 Å². The van der Waals surface area contributed by atoms with Crippen LogP contribution in [-0.2, 0) is 0 Å². The van der Waals surface area contributed by atoms with Crippen molar-refractivity contribution in [3.8, 4) is 5.75 Å². The number of hydrogen-bond acceptors (Lipinski definition) is 3. The molecule has 20 heavy (non-hydrogen) atoms. The van der Waals surface area contributed by atoms with Gasteiger partial charge in [0.2, 0.25) is 0 Å². The lowest BCUT2D eigenvalue weighted by molar-refractivity contribution is 0.102. The average molecular weight is 291 g/mol. The van der Waals surface area contributed by atoms with Crippen molar-refractivity contribution in [1.29, 1.82) is 0 Å². The summed E-state index contributed by atoms with van der Waals surface area (Å²) >= 11 is 6.07. The molecule has 5 heteroatoms. The SMILES string of the molecule is CCOc1ccc(NC(=O)c2ccc(N)cc2)cc1Cl. The summed E-state index contributed by atoms with van der Waals surface area (Å²) < 4.78 is 5.34. The van der Waals surface area contributed by atoms with Gasteiger partial charge in [0.05, 0.1) is 11.6 Å². The van der Waals surface area contributed by atoms with E-state index in [1.165, 1.54) is 0 Å². The maximum absolute atomic E-state index is 12.0. The second-order valence-corrected chi connectivity index (χ2v) is 4.56. The zero-order chi connectivity index (χ0) is 14.5. The minimum atomic E-state index is -0.217. The molecule has 0 aliphatic carbocycles. The Balaban J connectivity index is 2.11.